The van der Waals surface area contributed by atoms with E-state index in [-0.39, 0.29) is 12.1 Å². The van der Waals surface area contributed by atoms with Gasteiger partial charge in [-0.2, -0.15) is 0 Å². The SMILES string of the molecule is COC(=O)C(C)(C)CNC1CC(O)C1. The third kappa shape index (κ3) is 2.69. The maximum absolute atomic E-state index is 11.3. The molecule has 0 bridgehead atoms. The van der Waals surface area contributed by atoms with Crippen molar-refractivity contribution in [1.29, 1.82) is 0 Å². The Kier molecular flexibility index (Phi) is 3.50. The minimum atomic E-state index is -0.491. The molecule has 1 aliphatic carbocycles. The fourth-order valence-corrected chi connectivity index (χ4v) is 1.50. The highest BCUT2D eigenvalue weighted by Gasteiger charge is 2.32. The van der Waals surface area contributed by atoms with Gasteiger partial charge < -0.3 is 15.2 Å². The van der Waals surface area contributed by atoms with Crippen molar-refractivity contribution in [3.8, 4) is 0 Å². The molecule has 1 aliphatic rings. The largest absolute Gasteiger partial charge is 0.469 e. The molecule has 0 spiro atoms. The second-order valence-electron chi connectivity index (χ2n) is 4.58. The van der Waals surface area contributed by atoms with E-state index in [9.17, 15) is 4.79 Å². The van der Waals surface area contributed by atoms with Gasteiger partial charge in [0.2, 0.25) is 0 Å². The molecular formula is C10H19NO3. The van der Waals surface area contributed by atoms with Crippen LogP contribution in [0.2, 0.25) is 0 Å². The van der Waals surface area contributed by atoms with Gasteiger partial charge in [-0.1, -0.05) is 0 Å². The van der Waals surface area contributed by atoms with Gasteiger partial charge in [0, 0.05) is 12.6 Å². The molecule has 2 N–H and O–H groups in total. The van der Waals surface area contributed by atoms with Gasteiger partial charge in [-0.15, -0.1) is 0 Å². The smallest absolute Gasteiger partial charge is 0.312 e. The van der Waals surface area contributed by atoms with Crippen LogP contribution >= 0.6 is 0 Å². The fourth-order valence-electron chi connectivity index (χ4n) is 1.50. The lowest BCUT2D eigenvalue weighted by Crippen LogP contribution is -2.48. The average molecular weight is 201 g/mol. The molecule has 14 heavy (non-hydrogen) atoms. The molecule has 0 aromatic heterocycles. The summed E-state index contributed by atoms with van der Waals surface area (Å²) in [5.74, 6) is -0.204. The Balaban J connectivity index is 2.26. The summed E-state index contributed by atoms with van der Waals surface area (Å²) in [6.07, 6.45) is 1.42. The van der Waals surface area contributed by atoms with Gasteiger partial charge >= 0.3 is 5.97 Å². The zero-order chi connectivity index (χ0) is 10.8. The number of methoxy groups -OCH3 is 1. The normalized spacial score (nSPS) is 26.9. The highest BCUT2D eigenvalue weighted by Crippen LogP contribution is 2.22. The quantitative estimate of drug-likeness (QED) is 0.642. The Labute approximate surface area is 84.6 Å². The summed E-state index contributed by atoms with van der Waals surface area (Å²) < 4.78 is 4.69. The van der Waals surface area contributed by atoms with E-state index in [2.05, 4.69) is 5.32 Å². The molecule has 0 unspecified atom stereocenters. The van der Waals surface area contributed by atoms with Gasteiger partial charge in [-0.25, -0.2) is 0 Å². The first kappa shape index (κ1) is 11.5. The van der Waals surface area contributed by atoms with Crippen molar-refractivity contribution in [3.63, 3.8) is 0 Å². The first-order valence-corrected chi connectivity index (χ1v) is 4.95. The zero-order valence-electron chi connectivity index (χ0n) is 9.04. The monoisotopic (exact) mass is 201 g/mol. The van der Waals surface area contributed by atoms with Gasteiger partial charge in [0.25, 0.3) is 0 Å². The molecular weight excluding hydrogens is 182 g/mol. The van der Waals surface area contributed by atoms with Gasteiger partial charge in [-0.05, 0) is 26.7 Å². The van der Waals surface area contributed by atoms with E-state index >= 15 is 0 Å². The predicted octanol–water partition coefficient (Wildman–Crippen LogP) is 0.298. The number of carbonyl (C=O) groups excluding carboxylic acids is 1. The van der Waals surface area contributed by atoms with Crippen LogP contribution in [0.4, 0.5) is 0 Å². The molecule has 0 saturated heterocycles. The number of hydrogen-bond acceptors (Lipinski definition) is 4. The van der Waals surface area contributed by atoms with Crippen LogP contribution in [0, 0.1) is 5.41 Å². The molecule has 0 amide bonds. The van der Waals surface area contributed by atoms with Crippen molar-refractivity contribution in [1.82, 2.24) is 5.32 Å². The first-order valence-electron chi connectivity index (χ1n) is 4.95. The third-order valence-corrected chi connectivity index (χ3v) is 2.68. The molecule has 0 aliphatic heterocycles. The Morgan fingerprint density at radius 1 is 1.57 bits per heavy atom. The second kappa shape index (κ2) is 4.28. The highest BCUT2D eigenvalue weighted by molar-refractivity contribution is 5.76. The minimum absolute atomic E-state index is 0.159. The fraction of sp³-hybridized carbons (Fsp3) is 0.900. The van der Waals surface area contributed by atoms with Gasteiger partial charge in [-0.3, -0.25) is 4.79 Å². The van der Waals surface area contributed by atoms with Crippen LogP contribution in [-0.2, 0) is 9.53 Å². The molecule has 1 rings (SSSR count). The Bertz CT molecular complexity index is 209. The summed E-state index contributed by atoms with van der Waals surface area (Å²) in [4.78, 5) is 11.3. The summed E-state index contributed by atoms with van der Waals surface area (Å²) in [6.45, 7) is 4.29. The number of aliphatic hydroxyl groups is 1. The third-order valence-electron chi connectivity index (χ3n) is 2.68. The summed E-state index contributed by atoms with van der Waals surface area (Å²) in [6, 6.07) is 0.355. The maximum Gasteiger partial charge on any atom is 0.312 e. The Hall–Kier alpha value is -0.610. The van der Waals surface area contributed by atoms with E-state index in [4.69, 9.17) is 9.84 Å². The van der Waals surface area contributed by atoms with E-state index in [1.54, 1.807) is 0 Å². The van der Waals surface area contributed by atoms with Crippen molar-refractivity contribution < 1.29 is 14.6 Å². The average Bonchev–Trinajstić information content (AvgIpc) is 2.09. The zero-order valence-corrected chi connectivity index (χ0v) is 9.04. The van der Waals surface area contributed by atoms with Crippen LogP contribution in [-0.4, -0.2) is 36.9 Å². The van der Waals surface area contributed by atoms with Crippen molar-refractivity contribution >= 4 is 5.97 Å². The Morgan fingerprint density at radius 3 is 2.57 bits per heavy atom. The minimum Gasteiger partial charge on any atom is -0.469 e. The number of carbonyl (C=O) groups is 1. The number of rotatable bonds is 4. The topological polar surface area (TPSA) is 58.6 Å². The van der Waals surface area contributed by atoms with Crippen LogP contribution in [0.25, 0.3) is 0 Å². The summed E-state index contributed by atoms with van der Waals surface area (Å²) in [5, 5.41) is 12.3. The Morgan fingerprint density at radius 2 is 2.14 bits per heavy atom. The molecule has 4 heteroatoms. The summed E-state index contributed by atoms with van der Waals surface area (Å²) in [7, 11) is 1.40. The molecule has 1 saturated carbocycles. The van der Waals surface area contributed by atoms with Crippen molar-refractivity contribution in [2.24, 2.45) is 5.41 Å². The van der Waals surface area contributed by atoms with Crippen molar-refractivity contribution in [3.05, 3.63) is 0 Å². The predicted molar refractivity (Wildman–Crippen MR) is 52.8 cm³/mol. The lowest BCUT2D eigenvalue weighted by molar-refractivity contribution is -0.150. The molecule has 1 fully saturated rings. The van der Waals surface area contributed by atoms with Crippen LogP contribution in [0.15, 0.2) is 0 Å². The first-order chi connectivity index (χ1) is 6.45. The maximum atomic E-state index is 11.3. The number of hydrogen-bond donors (Lipinski definition) is 2. The molecule has 0 heterocycles. The molecule has 0 aromatic rings. The molecule has 0 atom stereocenters. The van der Waals surface area contributed by atoms with Crippen molar-refractivity contribution in [2.75, 3.05) is 13.7 Å². The molecule has 82 valence electrons. The van der Waals surface area contributed by atoms with Gasteiger partial charge in [0.1, 0.15) is 0 Å². The van der Waals surface area contributed by atoms with E-state index in [0.717, 1.165) is 12.8 Å². The molecule has 0 radical (unpaired) electrons. The highest BCUT2D eigenvalue weighted by atomic mass is 16.5. The number of aliphatic hydroxyl groups excluding tert-OH is 1. The van der Waals surface area contributed by atoms with E-state index < -0.39 is 5.41 Å². The van der Waals surface area contributed by atoms with E-state index in [1.807, 2.05) is 13.8 Å². The van der Waals surface area contributed by atoms with E-state index in [1.165, 1.54) is 7.11 Å². The van der Waals surface area contributed by atoms with Crippen LogP contribution in [0.5, 0.6) is 0 Å². The number of nitrogens with one attached hydrogen (secondary N) is 1. The van der Waals surface area contributed by atoms with Crippen LogP contribution in [0.3, 0.4) is 0 Å². The number of esters is 1. The van der Waals surface area contributed by atoms with E-state index in [0.29, 0.717) is 12.6 Å². The van der Waals surface area contributed by atoms with Crippen molar-refractivity contribution in [2.45, 2.75) is 38.8 Å². The second-order valence-corrected chi connectivity index (χ2v) is 4.58. The summed E-state index contributed by atoms with van der Waals surface area (Å²) in [5.41, 5.74) is -0.491. The lowest BCUT2D eigenvalue weighted by atomic mass is 9.87. The summed E-state index contributed by atoms with van der Waals surface area (Å²) >= 11 is 0. The lowest BCUT2D eigenvalue weighted by Gasteiger charge is -2.34. The molecule has 0 aromatic carbocycles. The van der Waals surface area contributed by atoms with Gasteiger partial charge in [0.15, 0.2) is 0 Å². The standard InChI is InChI=1S/C10H19NO3/c1-10(2,9(13)14-3)6-11-7-4-8(12)5-7/h7-8,11-12H,4-6H2,1-3H3. The van der Waals surface area contributed by atoms with Crippen LogP contribution in [0.1, 0.15) is 26.7 Å². The number of ether oxygens (including phenoxy) is 1. The van der Waals surface area contributed by atoms with Gasteiger partial charge in [0.05, 0.1) is 18.6 Å². The van der Waals surface area contributed by atoms with Crippen LogP contribution < -0.4 is 5.32 Å². The molecule has 4 nitrogen and oxygen atoms in total.